The second kappa shape index (κ2) is 5.59. The van der Waals surface area contributed by atoms with Gasteiger partial charge in [-0.1, -0.05) is 35.3 Å². The van der Waals surface area contributed by atoms with Gasteiger partial charge in [-0.25, -0.2) is 4.39 Å². The number of aryl methyl sites for hydroxylation is 1. The smallest absolute Gasteiger partial charge is 0.147 e. The van der Waals surface area contributed by atoms with E-state index in [2.05, 4.69) is 5.32 Å². The van der Waals surface area contributed by atoms with Crippen LogP contribution < -0.4 is 5.32 Å². The zero-order valence-electron chi connectivity index (χ0n) is 9.81. The van der Waals surface area contributed by atoms with Gasteiger partial charge in [0.2, 0.25) is 0 Å². The summed E-state index contributed by atoms with van der Waals surface area (Å²) >= 11 is 11.7. The summed E-state index contributed by atoms with van der Waals surface area (Å²) in [5.41, 5.74) is 2.45. The van der Waals surface area contributed by atoms with E-state index in [9.17, 15) is 4.39 Å². The Kier molecular flexibility index (Phi) is 4.10. The molecule has 0 saturated carbocycles. The molecule has 0 aliphatic carbocycles. The van der Waals surface area contributed by atoms with E-state index >= 15 is 0 Å². The number of rotatable bonds is 3. The van der Waals surface area contributed by atoms with Crippen LogP contribution in [0.4, 0.5) is 10.1 Å². The highest BCUT2D eigenvalue weighted by molar-refractivity contribution is 6.31. The van der Waals surface area contributed by atoms with Crippen molar-refractivity contribution in [3.05, 3.63) is 63.4 Å². The Morgan fingerprint density at radius 3 is 2.56 bits per heavy atom. The van der Waals surface area contributed by atoms with Crippen molar-refractivity contribution in [2.75, 3.05) is 5.32 Å². The van der Waals surface area contributed by atoms with Crippen LogP contribution >= 0.6 is 23.2 Å². The van der Waals surface area contributed by atoms with Crippen molar-refractivity contribution in [3.63, 3.8) is 0 Å². The van der Waals surface area contributed by atoms with Gasteiger partial charge in [-0.15, -0.1) is 0 Å². The van der Waals surface area contributed by atoms with Crippen LogP contribution in [0.25, 0.3) is 0 Å². The highest BCUT2D eigenvalue weighted by Gasteiger charge is 2.03. The third-order valence-electron chi connectivity index (χ3n) is 2.65. The number of hydrogen-bond donors (Lipinski definition) is 1. The van der Waals surface area contributed by atoms with Gasteiger partial charge in [0.1, 0.15) is 5.82 Å². The number of nitrogens with one attached hydrogen (secondary N) is 1. The molecule has 0 saturated heterocycles. The molecule has 2 rings (SSSR count). The van der Waals surface area contributed by atoms with E-state index in [-0.39, 0.29) is 5.82 Å². The first-order chi connectivity index (χ1) is 8.56. The normalized spacial score (nSPS) is 10.4. The number of anilines is 1. The summed E-state index contributed by atoms with van der Waals surface area (Å²) in [6.45, 7) is 2.46. The van der Waals surface area contributed by atoms with Gasteiger partial charge in [-0.2, -0.15) is 0 Å². The van der Waals surface area contributed by atoms with E-state index < -0.39 is 0 Å². The molecule has 0 spiro atoms. The van der Waals surface area contributed by atoms with Gasteiger partial charge in [0.15, 0.2) is 0 Å². The first kappa shape index (κ1) is 13.2. The Hall–Kier alpha value is -1.25. The monoisotopic (exact) mass is 283 g/mol. The molecule has 0 aliphatic heterocycles. The quantitative estimate of drug-likeness (QED) is 0.831. The largest absolute Gasteiger partial charge is 0.379 e. The molecule has 0 bridgehead atoms. The summed E-state index contributed by atoms with van der Waals surface area (Å²) in [6, 6.07) is 10.3. The minimum atomic E-state index is -0.360. The first-order valence-corrected chi connectivity index (χ1v) is 6.26. The van der Waals surface area contributed by atoms with Crippen LogP contribution in [0, 0.1) is 12.7 Å². The van der Waals surface area contributed by atoms with Crippen LogP contribution in [0.15, 0.2) is 36.4 Å². The van der Waals surface area contributed by atoms with E-state index in [1.165, 1.54) is 6.07 Å². The molecule has 0 unspecified atom stereocenters. The Morgan fingerprint density at radius 2 is 1.89 bits per heavy atom. The van der Waals surface area contributed by atoms with Crippen LogP contribution in [0.1, 0.15) is 11.1 Å². The third kappa shape index (κ3) is 3.15. The second-order valence-electron chi connectivity index (χ2n) is 4.06. The molecule has 1 nitrogen and oxygen atoms in total. The summed E-state index contributed by atoms with van der Waals surface area (Å²) in [4.78, 5) is 0. The highest BCUT2D eigenvalue weighted by atomic mass is 35.5. The molecule has 4 heteroatoms. The molecule has 0 aliphatic rings. The molecule has 0 atom stereocenters. The van der Waals surface area contributed by atoms with Crippen molar-refractivity contribution in [3.8, 4) is 0 Å². The van der Waals surface area contributed by atoms with Crippen LogP contribution in [0.3, 0.4) is 0 Å². The van der Waals surface area contributed by atoms with E-state index in [4.69, 9.17) is 23.2 Å². The van der Waals surface area contributed by atoms with E-state index in [0.29, 0.717) is 22.3 Å². The van der Waals surface area contributed by atoms with Crippen molar-refractivity contribution < 1.29 is 4.39 Å². The zero-order chi connectivity index (χ0) is 13.1. The number of halogens is 3. The summed E-state index contributed by atoms with van der Waals surface area (Å²) in [5.74, 6) is -0.360. The lowest BCUT2D eigenvalue weighted by atomic mass is 10.1. The van der Waals surface area contributed by atoms with Crippen molar-refractivity contribution >= 4 is 28.9 Å². The highest BCUT2D eigenvalue weighted by Crippen LogP contribution is 2.21. The minimum Gasteiger partial charge on any atom is -0.379 e. The standard InChI is InChI=1S/C14H12Cl2FN/c1-9-2-3-10(6-12(9)16)8-18-14-5-4-11(15)7-13(14)17/h2-7,18H,8H2,1H3. The Bertz CT molecular complexity index is 570. The Balaban J connectivity index is 2.09. The van der Waals surface area contributed by atoms with Gasteiger partial charge >= 0.3 is 0 Å². The summed E-state index contributed by atoms with van der Waals surface area (Å²) in [6.07, 6.45) is 0. The molecular weight excluding hydrogens is 272 g/mol. The van der Waals surface area contributed by atoms with E-state index in [1.54, 1.807) is 12.1 Å². The van der Waals surface area contributed by atoms with Gasteiger partial charge in [0.25, 0.3) is 0 Å². The van der Waals surface area contributed by atoms with Crippen molar-refractivity contribution in [1.29, 1.82) is 0 Å². The molecule has 2 aromatic carbocycles. The fourth-order valence-corrected chi connectivity index (χ4v) is 1.94. The van der Waals surface area contributed by atoms with Crippen LogP contribution in [0.2, 0.25) is 10.0 Å². The summed E-state index contributed by atoms with van der Waals surface area (Å²) in [7, 11) is 0. The first-order valence-electron chi connectivity index (χ1n) is 5.50. The van der Waals surface area contributed by atoms with Gasteiger partial charge in [0.05, 0.1) is 5.69 Å². The molecule has 0 aromatic heterocycles. The van der Waals surface area contributed by atoms with Crippen molar-refractivity contribution in [2.24, 2.45) is 0 Å². The molecule has 0 radical (unpaired) electrons. The lowest BCUT2D eigenvalue weighted by Gasteiger charge is -2.09. The maximum atomic E-state index is 13.5. The second-order valence-corrected chi connectivity index (χ2v) is 4.90. The average molecular weight is 284 g/mol. The maximum Gasteiger partial charge on any atom is 0.147 e. The molecule has 94 valence electrons. The van der Waals surface area contributed by atoms with Crippen LogP contribution in [-0.2, 0) is 6.54 Å². The third-order valence-corrected chi connectivity index (χ3v) is 3.29. The van der Waals surface area contributed by atoms with Gasteiger partial charge in [0, 0.05) is 16.6 Å². The fourth-order valence-electron chi connectivity index (χ4n) is 1.58. The van der Waals surface area contributed by atoms with Crippen molar-refractivity contribution in [2.45, 2.75) is 13.5 Å². The van der Waals surface area contributed by atoms with Crippen molar-refractivity contribution in [1.82, 2.24) is 0 Å². The Labute approximate surface area is 116 Å². The predicted octanol–water partition coefficient (Wildman–Crippen LogP) is 5.05. The van der Waals surface area contributed by atoms with E-state index in [0.717, 1.165) is 11.1 Å². The number of hydrogen-bond acceptors (Lipinski definition) is 1. The molecular formula is C14H12Cl2FN. The minimum absolute atomic E-state index is 0.360. The molecule has 2 aromatic rings. The average Bonchev–Trinajstić information content (AvgIpc) is 2.32. The molecule has 0 fully saturated rings. The molecule has 0 amide bonds. The lowest BCUT2D eigenvalue weighted by Crippen LogP contribution is -2.01. The lowest BCUT2D eigenvalue weighted by molar-refractivity contribution is 0.630. The fraction of sp³-hybridized carbons (Fsp3) is 0.143. The molecule has 1 N–H and O–H groups in total. The van der Waals surface area contributed by atoms with Gasteiger partial charge in [-0.3, -0.25) is 0 Å². The van der Waals surface area contributed by atoms with Crippen LogP contribution in [0.5, 0.6) is 0 Å². The predicted molar refractivity (Wildman–Crippen MR) is 74.9 cm³/mol. The van der Waals surface area contributed by atoms with Crippen LogP contribution in [-0.4, -0.2) is 0 Å². The SMILES string of the molecule is Cc1ccc(CNc2ccc(Cl)cc2F)cc1Cl. The maximum absolute atomic E-state index is 13.5. The number of benzene rings is 2. The summed E-state index contributed by atoms with van der Waals surface area (Å²) in [5, 5.41) is 4.11. The van der Waals surface area contributed by atoms with Gasteiger partial charge in [-0.05, 0) is 42.3 Å². The topological polar surface area (TPSA) is 12.0 Å². The molecule has 0 heterocycles. The van der Waals surface area contributed by atoms with Gasteiger partial charge < -0.3 is 5.32 Å². The summed E-state index contributed by atoms with van der Waals surface area (Å²) < 4.78 is 13.5. The molecule has 18 heavy (non-hydrogen) atoms. The Morgan fingerprint density at radius 1 is 1.11 bits per heavy atom. The zero-order valence-corrected chi connectivity index (χ0v) is 11.3. The van der Waals surface area contributed by atoms with E-state index in [1.807, 2.05) is 25.1 Å².